The van der Waals surface area contributed by atoms with E-state index < -0.39 is 11.9 Å². The van der Waals surface area contributed by atoms with Crippen LogP contribution in [0.1, 0.15) is 63.1 Å². The molecule has 5 nitrogen and oxygen atoms in total. The predicted molar refractivity (Wildman–Crippen MR) is 128 cm³/mol. The van der Waals surface area contributed by atoms with Crippen LogP contribution < -0.4 is 15.5 Å². The van der Waals surface area contributed by atoms with E-state index in [2.05, 4.69) is 20.6 Å². The SMILES string of the molecule is C[C@H]1CCCCN1c1cc(C(F)(F)F)nc(NC(=S)NCC2(c3ccc(F)cc3)CCCC2)n1. The van der Waals surface area contributed by atoms with Crippen molar-refractivity contribution >= 4 is 29.1 Å². The minimum Gasteiger partial charge on any atom is -0.361 e. The Kier molecular flexibility index (Phi) is 7.25. The number of nitrogens with zero attached hydrogens (tertiary/aromatic N) is 3. The molecule has 1 saturated heterocycles. The monoisotopic (exact) mass is 495 g/mol. The van der Waals surface area contributed by atoms with Gasteiger partial charge in [-0.2, -0.15) is 18.2 Å². The highest BCUT2D eigenvalue weighted by molar-refractivity contribution is 7.80. The van der Waals surface area contributed by atoms with Crippen molar-refractivity contribution in [1.82, 2.24) is 15.3 Å². The Labute approximate surface area is 202 Å². The molecule has 0 bridgehead atoms. The number of aromatic nitrogens is 2. The van der Waals surface area contributed by atoms with Crippen LogP contribution in [-0.4, -0.2) is 34.2 Å². The smallest absolute Gasteiger partial charge is 0.361 e. The first-order valence-electron chi connectivity index (χ1n) is 11.7. The zero-order chi connectivity index (χ0) is 24.3. The Hall–Kier alpha value is -2.49. The van der Waals surface area contributed by atoms with Crippen LogP contribution >= 0.6 is 12.2 Å². The summed E-state index contributed by atoms with van der Waals surface area (Å²) in [6.07, 6.45) is 2.20. The molecule has 0 amide bonds. The van der Waals surface area contributed by atoms with Gasteiger partial charge in [-0.15, -0.1) is 0 Å². The van der Waals surface area contributed by atoms with Gasteiger partial charge in [0.15, 0.2) is 10.8 Å². The fourth-order valence-corrected chi connectivity index (χ4v) is 5.20. The van der Waals surface area contributed by atoms with E-state index in [1.165, 1.54) is 12.1 Å². The molecule has 1 aliphatic carbocycles. The van der Waals surface area contributed by atoms with Crippen LogP contribution in [0.15, 0.2) is 30.3 Å². The minimum absolute atomic E-state index is 0.0978. The van der Waals surface area contributed by atoms with E-state index in [-0.39, 0.29) is 34.2 Å². The molecule has 2 fully saturated rings. The molecule has 2 N–H and O–H groups in total. The van der Waals surface area contributed by atoms with Crippen LogP contribution in [-0.2, 0) is 11.6 Å². The molecule has 184 valence electrons. The molecule has 0 spiro atoms. The molecule has 2 heterocycles. The third-order valence-corrected chi connectivity index (χ3v) is 7.18. The fourth-order valence-electron chi connectivity index (χ4n) is 5.04. The van der Waals surface area contributed by atoms with Crippen LogP contribution in [0.25, 0.3) is 0 Å². The largest absolute Gasteiger partial charge is 0.433 e. The van der Waals surface area contributed by atoms with Crippen molar-refractivity contribution in [2.75, 3.05) is 23.3 Å². The summed E-state index contributed by atoms with van der Waals surface area (Å²) in [5.74, 6) is -0.219. The average Bonchev–Trinajstić information content (AvgIpc) is 3.28. The van der Waals surface area contributed by atoms with Gasteiger partial charge >= 0.3 is 6.18 Å². The van der Waals surface area contributed by atoms with Gasteiger partial charge in [0.05, 0.1) is 0 Å². The first kappa shape index (κ1) is 24.6. The highest BCUT2D eigenvalue weighted by Crippen LogP contribution is 2.40. The van der Waals surface area contributed by atoms with Gasteiger partial charge in [0.25, 0.3) is 0 Å². The maximum Gasteiger partial charge on any atom is 0.433 e. The molecule has 1 aromatic carbocycles. The number of rotatable bonds is 5. The second-order valence-corrected chi connectivity index (χ2v) is 9.68. The summed E-state index contributed by atoms with van der Waals surface area (Å²) in [5, 5.41) is 6.06. The van der Waals surface area contributed by atoms with Gasteiger partial charge < -0.3 is 15.5 Å². The quantitative estimate of drug-likeness (QED) is 0.403. The molecule has 4 rings (SSSR count). The van der Waals surface area contributed by atoms with Gasteiger partial charge in [0.1, 0.15) is 11.6 Å². The molecule has 2 aliphatic rings. The number of thiocarbonyl (C=S) groups is 1. The maximum atomic E-state index is 13.6. The first-order valence-corrected chi connectivity index (χ1v) is 12.1. The van der Waals surface area contributed by atoms with E-state index in [0.29, 0.717) is 13.1 Å². The first-order chi connectivity index (χ1) is 16.2. The summed E-state index contributed by atoms with van der Waals surface area (Å²) in [7, 11) is 0. The number of anilines is 2. The summed E-state index contributed by atoms with van der Waals surface area (Å²) in [5.41, 5.74) is -0.180. The number of alkyl halides is 3. The Morgan fingerprint density at radius 1 is 1.12 bits per heavy atom. The fraction of sp³-hybridized carbons (Fsp3) is 0.542. The molecule has 34 heavy (non-hydrogen) atoms. The molecule has 10 heteroatoms. The standard InChI is InChI=1S/C24H29F4N5S/c1-16-6-2-5-13-33(16)20-14-19(24(26,27)28)30-21(31-20)32-22(34)29-15-23(11-3-4-12-23)17-7-9-18(25)10-8-17/h7-10,14,16H,2-6,11-13,15H2,1H3,(H2,29,30,31,32,34)/t16-/m0/s1. The van der Waals surface area contributed by atoms with Gasteiger partial charge in [-0.25, -0.2) is 9.37 Å². The van der Waals surface area contributed by atoms with Gasteiger partial charge in [0, 0.05) is 30.6 Å². The number of nitrogens with one attached hydrogen (secondary N) is 2. The molecule has 0 unspecified atom stereocenters. The van der Waals surface area contributed by atoms with Gasteiger partial charge in [-0.3, -0.25) is 0 Å². The summed E-state index contributed by atoms with van der Waals surface area (Å²) < 4.78 is 54.1. The van der Waals surface area contributed by atoms with E-state index in [1.54, 1.807) is 12.1 Å². The second-order valence-electron chi connectivity index (χ2n) is 9.27. The summed E-state index contributed by atoms with van der Waals surface area (Å²) in [4.78, 5) is 9.94. The lowest BCUT2D eigenvalue weighted by Crippen LogP contribution is -2.41. The Morgan fingerprint density at radius 2 is 1.82 bits per heavy atom. The van der Waals surface area contributed by atoms with Gasteiger partial charge in [-0.1, -0.05) is 25.0 Å². The molecular weight excluding hydrogens is 466 g/mol. The van der Waals surface area contributed by atoms with E-state index >= 15 is 0 Å². The van der Waals surface area contributed by atoms with Crippen LogP contribution in [0, 0.1) is 5.82 Å². The highest BCUT2D eigenvalue weighted by Gasteiger charge is 2.37. The third kappa shape index (κ3) is 5.59. The predicted octanol–water partition coefficient (Wildman–Crippen LogP) is 5.81. The van der Waals surface area contributed by atoms with Gasteiger partial charge in [0.2, 0.25) is 5.95 Å². The summed E-state index contributed by atoms with van der Waals surface area (Å²) >= 11 is 5.39. The van der Waals surface area contributed by atoms with Gasteiger partial charge in [-0.05, 0) is 68.9 Å². The normalized spacial score (nSPS) is 20.3. The maximum absolute atomic E-state index is 13.6. The second kappa shape index (κ2) is 10.0. The number of benzene rings is 1. The highest BCUT2D eigenvalue weighted by atomic mass is 32.1. The van der Waals surface area contributed by atoms with Crippen LogP contribution in [0.3, 0.4) is 0 Å². The van der Waals surface area contributed by atoms with Crippen molar-refractivity contribution in [1.29, 1.82) is 0 Å². The van der Waals surface area contributed by atoms with Crippen molar-refractivity contribution in [3.8, 4) is 0 Å². The topological polar surface area (TPSA) is 53.1 Å². The molecule has 1 atom stereocenters. The van der Waals surface area contributed by atoms with Crippen LogP contribution in [0.2, 0.25) is 0 Å². The number of hydrogen-bond donors (Lipinski definition) is 2. The zero-order valence-electron chi connectivity index (χ0n) is 19.1. The van der Waals surface area contributed by atoms with Crippen molar-refractivity contribution in [2.45, 2.75) is 69.5 Å². The lowest BCUT2D eigenvalue weighted by Gasteiger charge is -2.34. The molecule has 1 aromatic heterocycles. The van der Waals surface area contributed by atoms with Crippen molar-refractivity contribution in [3.05, 3.63) is 47.4 Å². The Bertz CT molecular complexity index is 1010. The van der Waals surface area contributed by atoms with E-state index in [4.69, 9.17) is 12.2 Å². The molecule has 1 aliphatic heterocycles. The minimum atomic E-state index is -4.60. The van der Waals surface area contributed by atoms with E-state index in [1.807, 2.05) is 11.8 Å². The van der Waals surface area contributed by atoms with Crippen molar-refractivity contribution in [2.24, 2.45) is 0 Å². The molecule has 0 radical (unpaired) electrons. The van der Waals surface area contributed by atoms with Crippen molar-refractivity contribution in [3.63, 3.8) is 0 Å². The summed E-state index contributed by atoms with van der Waals surface area (Å²) in [6.45, 7) is 3.13. The lowest BCUT2D eigenvalue weighted by molar-refractivity contribution is -0.141. The molecule has 2 aromatic rings. The molecular formula is C24H29F4N5S. The molecule has 1 saturated carbocycles. The number of piperidine rings is 1. The third-order valence-electron chi connectivity index (χ3n) is 6.93. The van der Waals surface area contributed by atoms with E-state index in [0.717, 1.165) is 56.6 Å². The lowest BCUT2D eigenvalue weighted by atomic mass is 9.79. The van der Waals surface area contributed by atoms with Crippen molar-refractivity contribution < 1.29 is 17.6 Å². The Balaban J connectivity index is 1.50. The van der Waals surface area contributed by atoms with E-state index in [9.17, 15) is 17.6 Å². The van der Waals surface area contributed by atoms with Crippen LogP contribution in [0.5, 0.6) is 0 Å². The Morgan fingerprint density at radius 3 is 2.47 bits per heavy atom. The van der Waals surface area contributed by atoms with Crippen LogP contribution in [0.4, 0.5) is 29.3 Å². The summed E-state index contributed by atoms with van der Waals surface area (Å²) in [6, 6.07) is 7.59. The number of halogens is 4. The number of hydrogen-bond acceptors (Lipinski definition) is 4. The zero-order valence-corrected chi connectivity index (χ0v) is 19.9. The average molecular weight is 496 g/mol.